The molecule has 1 N–H and O–H groups in total. The number of carbonyl (C=O) groups is 1. The Morgan fingerprint density at radius 2 is 1.68 bits per heavy atom. The summed E-state index contributed by atoms with van der Waals surface area (Å²) >= 11 is 0. The fourth-order valence-electron chi connectivity index (χ4n) is 2.49. The minimum absolute atomic E-state index is 0.204. The number of carbonyl (C=O) groups excluding carboxylic acids is 1. The van der Waals surface area contributed by atoms with E-state index in [4.69, 9.17) is 0 Å². The van der Waals surface area contributed by atoms with Gasteiger partial charge < -0.3 is 5.32 Å². The van der Waals surface area contributed by atoms with E-state index in [-0.39, 0.29) is 11.7 Å². The molecule has 0 unspecified atom stereocenters. The topological polar surface area (TPSA) is 59.8 Å². The van der Waals surface area contributed by atoms with Gasteiger partial charge in [0.2, 0.25) is 5.82 Å². The Morgan fingerprint density at radius 3 is 2.32 bits per heavy atom. The van der Waals surface area contributed by atoms with Crippen molar-refractivity contribution in [2.24, 2.45) is 5.92 Å². The first-order valence-electron chi connectivity index (χ1n) is 8.47. The summed E-state index contributed by atoms with van der Waals surface area (Å²) in [6, 6.07) is 19.8. The zero-order valence-corrected chi connectivity index (χ0v) is 14.5. The van der Waals surface area contributed by atoms with Crippen molar-refractivity contribution in [3.05, 3.63) is 77.9 Å². The van der Waals surface area contributed by atoms with Crippen LogP contribution in [-0.4, -0.2) is 27.2 Å². The van der Waals surface area contributed by atoms with Crippen molar-refractivity contribution < 1.29 is 4.79 Å². The second-order valence-corrected chi connectivity index (χ2v) is 6.37. The van der Waals surface area contributed by atoms with Gasteiger partial charge in [-0.15, -0.1) is 5.10 Å². The average molecular weight is 334 g/mol. The summed E-state index contributed by atoms with van der Waals surface area (Å²) in [6.45, 7) is 4.71. The van der Waals surface area contributed by atoms with Crippen LogP contribution in [0.25, 0.3) is 5.69 Å². The molecule has 0 aliphatic heterocycles. The summed E-state index contributed by atoms with van der Waals surface area (Å²) in [4.78, 5) is 16.8. The monoisotopic (exact) mass is 334 g/mol. The van der Waals surface area contributed by atoms with E-state index in [1.807, 2.05) is 60.7 Å². The molecule has 1 amide bonds. The van der Waals surface area contributed by atoms with Crippen LogP contribution in [0.5, 0.6) is 0 Å². The first-order chi connectivity index (χ1) is 12.1. The van der Waals surface area contributed by atoms with Crippen molar-refractivity contribution >= 4 is 5.91 Å². The van der Waals surface area contributed by atoms with Gasteiger partial charge in [-0.2, -0.15) is 0 Å². The Morgan fingerprint density at radius 1 is 1.04 bits per heavy atom. The number of nitrogens with zero attached hydrogens (tertiary/aromatic N) is 3. The van der Waals surface area contributed by atoms with Crippen molar-refractivity contribution in [1.82, 2.24) is 20.1 Å². The average Bonchev–Trinajstić information content (AvgIpc) is 3.05. The zero-order valence-electron chi connectivity index (χ0n) is 14.5. The van der Waals surface area contributed by atoms with Gasteiger partial charge in [0.05, 0.1) is 5.69 Å². The Labute approximate surface area is 147 Å². The molecule has 0 fully saturated rings. The van der Waals surface area contributed by atoms with Crippen LogP contribution in [-0.2, 0) is 6.42 Å². The summed E-state index contributed by atoms with van der Waals surface area (Å²) in [6.07, 6.45) is 0.611. The predicted octanol–water partition coefficient (Wildman–Crippen LogP) is 3.24. The molecule has 0 aliphatic rings. The number of para-hydroxylation sites is 1. The fourth-order valence-corrected chi connectivity index (χ4v) is 2.49. The molecule has 2 aromatic carbocycles. The highest BCUT2D eigenvalue weighted by molar-refractivity contribution is 5.90. The molecule has 1 heterocycles. The lowest BCUT2D eigenvalue weighted by Gasteiger charge is -2.05. The van der Waals surface area contributed by atoms with Crippen molar-refractivity contribution in [3.63, 3.8) is 0 Å². The Hall–Kier alpha value is -2.95. The highest BCUT2D eigenvalue weighted by Gasteiger charge is 2.17. The van der Waals surface area contributed by atoms with Gasteiger partial charge in [-0.3, -0.25) is 4.79 Å². The molecule has 0 atom stereocenters. The smallest absolute Gasteiger partial charge is 0.290 e. The van der Waals surface area contributed by atoms with Gasteiger partial charge in [-0.25, -0.2) is 9.67 Å². The molecule has 5 heteroatoms. The molecule has 128 valence electrons. The molecule has 0 bridgehead atoms. The largest absolute Gasteiger partial charge is 0.349 e. The maximum Gasteiger partial charge on any atom is 0.290 e. The van der Waals surface area contributed by atoms with Gasteiger partial charge in [0.15, 0.2) is 0 Å². The first kappa shape index (κ1) is 16.9. The maximum atomic E-state index is 12.3. The number of benzene rings is 2. The molecule has 0 radical (unpaired) electrons. The third kappa shape index (κ3) is 4.32. The Kier molecular flexibility index (Phi) is 5.23. The van der Waals surface area contributed by atoms with Crippen LogP contribution in [0.15, 0.2) is 60.7 Å². The number of amides is 1. The zero-order chi connectivity index (χ0) is 17.6. The lowest BCUT2D eigenvalue weighted by Crippen LogP contribution is -2.28. The lowest BCUT2D eigenvalue weighted by molar-refractivity contribution is 0.0938. The van der Waals surface area contributed by atoms with E-state index in [1.165, 1.54) is 0 Å². The quantitative estimate of drug-likeness (QED) is 0.753. The minimum Gasteiger partial charge on any atom is -0.349 e. The molecule has 3 aromatic rings. The predicted molar refractivity (Wildman–Crippen MR) is 97.8 cm³/mol. The van der Waals surface area contributed by atoms with Gasteiger partial charge >= 0.3 is 0 Å². The van der Waals surface area contributed by atoms with Crippen LogP contribution >= 0.6 is 0 Å². The molecule has 1 aromatic heterocycles. The number of rotatable bonds is 6. The molecule has 5 nitrogen and oxygen atoms in total. The summed E-state index contributed by atoms with van der Waals surface area (Å²) in [5, 5.41) is 7.32. The van der Waals surface area contributed by atoms with Crippen LogP contribution in [0.3, 0.4) is 0 Å². The number of nitrogens with one attached hydrogen (secondary N) is 1. The number of hydrogen-bond donors (Lipinski definition) is 1. The highest BCUT2D eigenvalue weighted by atomic mass is 16.2. The molecule has 25 heavy (non-hydrogen) atoms. The fraction of sp³-hybridized carbons (Fsp3) is 0.250. The van der Waals surface area contributed by atoms with E-state index in [1.54, 1.807) is 4.68 Å². The van der Waals surface area contributed by atoms with Crippen LogP contribution in [0.4, 0.5) is 0 Å². The molecule has 0 spiro atoms. The van der Waals surface area contributed by atoms with E-state index < -0.39 is 0 Å². The normalized spacial score (nSPS) is 10.8. The van der Waals surface area contributed by atoms with Gasteiger partial charge in [0.25, 0.3) is 5.91 Å². The Balaban J connectivity index is 1.92. The SMILES string of the molecule is CC(C)CNC(=O)c1nc(Cc2ccccc2)n(-c2ccccc2)n1. The van der Waals surface area contributed by atoms with Crippen molar-refractivity contribution in [2.45, 2.75) is 20.3 Å². The third-order valence-corrected chi connectivity index (χ3v) is 3.75. The Bertz CT molecular complexity index is 825. The highest BCUT2D eigenvalue weighted by Crippen LogP contribution is 2.14. The molecule has 3 rings (SSSR count). The van der Waals surface area contributed by atoms with Crippen molar-refractivity contribution in [3.8, 4) is 5.69 Å². The molecular formula is C20H22N4O. The van der Waals surface area contributed by atoms with Gasteiger partial charge in [0.1, 0.15) is 5.82 Å². The molecule has 0 saturated carbocycles. The van der Waals surface area contributed by atoms with E-state index in [2.05, 4.69) is 29.2 Å². The van der Waals surface area contributed by atoms with Gasteiger partial charge in [-0.05, 0) is 23.6 Å². The van der Waals surface area contributed by atoms with Crippen LogP contribution in [0.2, 0.25) is 0 Å². The van der Waals surface area contributed by atoms with E-state index >= 15 is 0 Å². The van der Waals surface area contributed by atoms with E-state index in [0.29, 0.717) is 18.9 Å². The number of hydrogen-bond acceptors (Lipinski definition) is 3. The van der Waals surface area contributed by atoms with E-state index in [9.17, 15) is 4.79 Å². The van der Waals surface area contributed by atoms with Crippen molar-refractivity contribution in [1.29, 1.82) is 0 Å². The van der Waals surface area contributed by atoms with Crippen molar-refractivity contribution in [2.75, 3.05) is 6.54 Å². The lowest BCUT2D eigenvalue weighted by atomic mass is 10.1. The molecule has 0 aliphatic carbocycles. The van der Waals surface area contributed by atoms with Crippen LogP contribution in [0.1, 0.15) is 35.9 Å². The van der Waals surface area contributed by atoms with Gasteiger partial charge in [-0.1, -0.05) is 62.4 Å². The second kappa shape index (κ2) is 7.75. The summed E-state index contributed by atoms with van der Waals surface area (Å²) < 4.78 is 1.75. The summed E-state index contributed by atoms with van der Waals surface area (Å²) in [5.74, 6) is 1.09. The minimum atomic E-state index is -0.238. The summed E-state index contributed by atoms with van der Waals surface area (Å²) in [5.41, 5.74) is 2.02. The molecular weight excluding hydrogens is 312 g/mol. The maximum absolute atomic E-state index is 12.3. The standard InChI is InChI=1S/C20H22N4O/c1-15(2)14-21-20(25)19-22-18(13-16-9-5-3-6-10-16)24(23-19)17-11-7-4-8-12-17/h3-12,15H,13-14H2,1-2H3,(H,21,25). The number of aromatic nitrogens is 3. The second-order valence-electron chi connectivity index (χ2n) is 6.37. The third-order valence-electron chi connectivity index (χ3n) is 3.75. The van der Waals surface area contributed by atoms with E-state index in [0.717, 1.165) is 17.1 Å². The van der Waals surface area contributed by atoms with Crippen LogP contribution in [0, 0.1) is 5.92 Å². The summed E-state index contributed by atoms with van der Waals surface area (Å²) in [7, 11) is 0. The first-order valence-corrected chi connectivity index (χ1v) is 8.47. The molecule has 0 saturated heterocycles. The van der Waals surface area contributed by atoms with Gasteiger partial charge in [0, 0.05) is 13.0 Å². The van der Waals surface area contributed by atoms with Crippen LogP contribution < -0.4 is 5.32 Å².